The lowest BCUT2D eigenvalue weighted by molar-refractivity contribution is -0.118. The predicted molar refractivity (Wildman–Crippen MR) is 78.1 cm³/mol. The van der Waals surface area contributed by atoms with Gasteiger partial charge in [-0.25, -0.2) is 8.78 Å². The van der Waals surface area contributed by atoms with E-state index >= 15 is 0 Å². The Morgan fingerprint density at radius 3 is 2.23 bits per heavy atom. The molecule has 0 bridgehead atoms. The molecule has 2 aromatic rings. The first-order valence-corrected chi connectivity index (χ1v) is 6.69. The fraction of sp³-hybridized carbons (Fsp3) is 0.188. The van der Waals surface area contributed by atoms with E-state index in [0.717, 1.165) is 12.1 Å². The molecule has 0 unspecified atom stereocenters. The normalized spacial score (nSPS) is 10.1. The van der Waals surface area contributed by atoms with Crippen molar-refractivity contribution in [1.82, 2.24) is 0 Å². The maximum atomic E-state index is 13.0. The van der Waals surface area contributed by atoms with Crippen LogP contribution in [-0.2, 0) is 4.79 Å². The fourth-order valence-corrected chi connectivity index (χ4v) is 1.72. The number of carbonyl (C=O) groups excluding carboxylic acids is 1. The van der Waals surface area contributed by atoms with Crippen LogP contribution in [0.1, 0.15) is 6.92 Å². The molecule has 1 amide bonds. The Morgan fingerprint density at radius 2 is 1.64 bits per heavy atom. The lowest BCUT2D eigenvalue weighted by Gasteiger charge is -2.08. The summed E-state index contributed by atoms with van der Waals surface area (Å²) in [5, 5.41) is 2.42. The Bertz CT molecular complexity index is 644. The molecule has 1 N–H and O–H groups in total. The van der Waals surface area contributed by atoms with Crippen molar-refractivity contribution in [3.05, 3.63) is 54.1 Å². The molecule has 116 valence electrons. The van der Waals surface area contributed by atoms with Crippen LogP contribution in [0.15, 0.2) is 42.5 Å². The molecule has 0 aliphatic heterocycles. The van der Waals surface area contributed by atoms with Gasteiger partial charge < -0.3 is 14.8 Å². The molecule has 0 aliphatic rings. The first kappa shape index (κ1) is 15.8. The van der Waals surface area contributed by atoms with Gasteiger partial charge in [0.05, 0.1) is 6.61 Å². The van der Waals surface area contributed by atoms with Crippen LogP contribution in [0.25, 0.3) is 0 Å². The van der Waals surface area contributed by atoms with E-state index in [1.54, 1.807) is 24.3 Å². The smallest absolute Gasteiger partial charge is 0.262 e. The maximum Gasteiger partial charge on any atom is 0.262 e. The minimum absolute atomic E-state index is 0.166. The van der Waals surface area contributed by atoms with E-state index in [0.29, 0.717) is 18.1 Å². The molecular weight excluding hydrogens is 292 g/mol. The zero-order chi connectivity index (χ0) is 15.9. The number of benzene rings is 2. The van der Waals surface area contributed by atoms with Gasteiger partial charge in [-0.05, 0) is 43.3 Å². The summed E-state index contributed by atoms with van der Waals surface area (Å²) < 4.78 is 36.4. The van der Waals surface area contributed by atoms with Crippen molar-refractivity contribution in [3.63, 3.8) is 0 Å². The summed E-state index contributed by atoms with van der Waals surface area (Å²) in [6.45, 7) is 2.21. The Labute approximate surface area is 126 Å². The Kier molecular flexibility index (Phi) is 5.30. The highest BCUT2D eigenvalue weighted by Crippen LogP contribution is 2.18. The second kappa shape index (κ2) is 7.40. The summed E-state index contributed by atoms with van der Waals surface area (Å²) in [6, 6.07) is 9.93. The van der Waals surface area contributed by atoms with E-state index in [1.807, 2.05) is 6.92 Å². The number of amides is 1. The monoisotopic (exact) mass is 307 g/mol. The fourth-order valence-electron chi connectivity index (χ4n) is 1.72. The van der Waals surface area contributed by atoms with Gasteiger partial charge in [-0.3, -0.25) is 4.79 Å². The van der Waals surface area contributed by atoms with Crippen molar-refractivity contribution in [1.29, 1.82) is 0 Å². The van der Waals surface area contributed by atoms with Gasteiger partial charge in [0.25, 0.3) is 5.91 Å². The lowest BCUT2D eigenvalue weighted by Crippen LogP contribution is -2.20. The SMILES string of the molecule is CCOc1ccc(OCC(=O)Nc2ccc(F)c(F)c2)cc1. The molecule has 2 aromatic carbocycles. The van der Waals surface area contributed by atoms with Gasteiger partial charge in [0, 0.05) is 11.8 Å². The third-order valence-corrected chi connectivity index (χ3v) is 2.71. The van der Waals surface area contributed by atoms with Crippen molar-refractivity contribution in [2.24, 2.45) is 0 Å². The molecule has 4 nitrogen and oxygen atoms in total. The molecule has 0 saturated heterocycles. The van der Waals surface area contributed by atoms with E-state index in [4.69, 9.17) is 9.47 Å². The first-order chi connectivity index (χ1) is 10.6. The third-order valence-electron chi connectivity index (χ3n) is 2.71. The summed E-state index contributed by atoms with van der Waals surface area (Å²) in [4.78, 5) is 11.7. The van der Waals surface area contributed by atoms with E-state index in [9.17, 15) is 13.6 Å². The van der Waals surface area contributed by atoms with Gasteiger partial charge in [0.2, 0.25) is 0 Å². The molecule has 0 radical (unpaired) electrons. The Balaban J connectivity index is 1.85. The van der Waals surface area contributed by atoms with E-state index < -0.39 is 17.5 Å². The Morgan fingerprint density at radius 1 is 1.00 bits per heavy atom. The van der Waals surface area contributed by atoms with Crippen LogP contribution in [0, 0.1) is 11.6 Å². The summed E-state index contributed by atoms with van der Waals surface area (Å²) in [5.74, 6) is -1.25. The summed E-state index contributed by atoms with van der Waals surface area (Å²) in [6.07, 6.45) is 0. The summed E-state index contributed by atoms with van der Waals surface area (Å²) in [7, 11) is 0. The van der Waals surface area contributed by atoms with E-state index in [-0.39, 0.29) is 12.3 Å². The number of anilines is 1. The topological polar surface area (TPSA) is 47.6 Å². The molecule has 0 saturated carbocycles. The summed E-state index contributed by atoms with van der Waals surface area (Å²) in [5.41, 5.74) is 0.166. The second-order valence-corrected chi connectivity index (χ2v) is 4.37. The van der Waals surface area contributed by atoms with Crippen LogP contribution in [0.5, 0.6) is 11.5 Å². The standard InChI is InChI=1S/C16H15F2NO3/c1-2-21-12-4-6-13(7-5-12)22-10-16(20)19-11-3-8-14(17)15(18)9-11/h3-9H,2,10H2,1H3,(H,19,20). The van der Waals surface area contributed by atoms with Crippen LogP contribution in [0.2, 0.25) is 0 Å². The highest BCUT2D eigenvalue weighted by molar-refractivity contribution is 5.91. The molecule has 0 heterocycles. The van der Waals surface area contributed by atoms with Gasteiger partial charge in [-0.2, -0.15) is 0 Å². The van der Waals surface area contributed by atoms with Crippen molar-refractivity contribution < 1.29 is 23.0 Å². The maximum absolute atomic E-state index is 13.0. The van der Waals surface area contributed by atoms with Gasteiger partial charge in [0.1, 0.15) is 11.5 Å². The molecule has 0 aliphatic carbocycles. The van der Waals surface area contributed by atoms with E-state index in [1.165, 1.54) is 6.07 Å². The Hall–Kier alpha value is -2.63. The number of carbonyl (C=O) groups is 1. The minimum Gasteiger partial charge on any atom is -0.494 e. The number of hydrogen-bond donors (Lipinski definition) is 1. The van der Waals surface area contributed by atoms with Crippen molar-refractivity contribution in [2.75, 3.05) is 18.5 Å². The summed E-state index contributed by atoms with van der Waals surface area (Å²) >= 11 is 0. The lowest BCUT2D eigenvalue weighted by atomic mass is 10.3. The number of halogens is 2. The molecule has 0 aromatic heterocycles. The quantitative estimate of drug-likeness (QED) is 0.890. The van der Waals surface area contributed by atoms with Crippen molar-refractivity contribution in [2.45, 2.75) is 6.92 Å². The average Bonchev–Trinajstić information content (AvgIpc) is 2.51. The van der Waals surface area contributed by atoms with Crippen LogP contribution in [0.3, 0.4) is 0 Å². The molecule has 0 fully saturated rings. The third kappa shape index (κ3) is 4.44. The highest BCUT2D eigenvalue weighted by atomic mass is 19.2. The molecular formula is C16H15F2NO3. The zero-order valence-corrected chi connectivity index (χ0v) is 11.9. The van der Waals surface area contributed by atoms with Crippen molar-refractivity contribution >= 4 is 11.6 Å². The predicted octanol–water partition coefficient (Wildman–Crippen LogP) is 3.38. The molecule has 6 heteroatoms. The van der Waals surface area contributed by atoms with Crippen LogP contribution in [0.4, 0.5) is 14.5 Å². The van der Waals surface area contributed by atoms with Gasteiger partial charge in [-0.1, -0.05) is 0 Å². The largest absolute Gasteiger partial charge is 0.494 e. The van der Waals surface area contributed by atoms with Gasteiger partial charge in [0.15, 0.2) is 18.2 Å². The molecule has 0 atom stereocenters. The highest BCUT2D eigenvalue weighted by Gasteiger charge is 2.07. The van der Waals surface area contributed by atoms with Gasteiger partial charge >= 0.3 is 0 Å². The molecule has 22 heavy (non-hydrogen) atoms. The molecule has 0 spiro atoms. The van der Waals surface area contributed by atoms with E-state index in [2.05, 4.69) is 5.32 Å². The van der Waals surface area contributed by atoms with Crippen LogP contribution in [-0.4, -0.2) is 19.1 Å². The van der Waals surface area contributed by atoms with Gasteiger partial charge in [-0.15, -0.1) is 0 Å². The van der Waals surface area contributed by atoms with Crippen LogP contribution >= 0.6 is 0 Å². The number of nitrogens with one attached hydrogen (secondary N) is 1. The van der Waals surface area contributed by atoms with Crippen molar-refractivity contribution in [3.8, 4) is 11.5 Å². The number of rotatable bonds is 6. The number of hydrogen-bond acceptors (Lipinski definition) is 3. The average molecular weight is 307 g/mol. The number of ether oxygens (including phenoxy) is 2. The molecule has 2 rings (SSSR count). The first-order valence-electron chi connectivity index (χ1n) is 6.69. The minimum atomic E-state index is -1.02. The second-order valence-electron chi connectivity index (χ2n) is 4.37. The zero-order valence-electron chi connectivity index (χ0n) is 11.9. The van der Waals surface area contributed by atoms with Crippen LogP contribution < -0.4 is 14.8 Å².